The summed E-state index contributed by atoms with van der Waals surface area (Å²) in [7, 11) is 0. The lowest BCUT2D eigenvalue weighted by Gasteiger charge is -2.27. The van der Waals surface area contributed by atoms with Crippen LogP contribution in [0, 0.1) is 0 Å². The molecule has 0 aliphatic heterocycles. The van der Waals surface area contributed by atoms with E-state index in [1.165, 1.54) is 263 Å². The maximum absolute atomic E-state index is 12.6. The number of carbonyl (C=O) groups excluding carboxylic acids is 1. The summed E-state index contributed by atoms with van der Waals surface area (Å²) in [5.41, 5.74) is 0. The maximum atomic E-state index is 12.6. The monoisotopic (exact) mass is 1040 g/mol. The minimum atomic E-state index is -1.30. The van der Waals surface area contributed by atoms with Crippen molar-refractivity contribution in [3.63, 3.8) is 0 Å². The van der Waals surface area contributed by atoms with Gasteiger partial charge in [0.2, 0.25) is 5.91 Å². The van der Waals surface area contributed by atoms with E-state index in [0.29, 0.717) is 19.3 Å². The number of unbranched alkanes of at least 4 members (excludes halogenated alkanes) is 44. The molecule has 0 bridgehead atoms. The van der Waals surface area contributed by atoms with E-state index in [4.69, 9.17) is 0 Å². The summed E-state index contributed by atoms with van der Waals surface area (Å²) < 4.78 is 0. The molecular formula is C68H129NO5. The molecule has 0 aromatic heterocycles. The van der Waals surface area contributed by atoms with Gasteiger partial charge in [0, 0.05) is 0 Å². The van der Waals surface area contributed by atoms with Crippen molar-refractivity contribution in [2.24, 2.45) is 0 Å². The molecule has 0 saturated heterocycles. The molecule has 4 unspecified atom stereocenters. The van der Waals surface area contributed by atoms with E-state index in [1.807, 2.05) is 0 Å². The van der Waals surface area contributed by atoms with Crippen LogP contribution in [0.2, 0.25) is 0 Å². The summed E-state index contributed by atoms with van der Waals surface area (Å²) in [5, 5.41) is 44.1. The predicted octanol–water partition coefficient (Wildman–Crippen LogP) is 20.1. The highest BCUT2D eigenvalue weighted by molar-refractivity contribution is 5.80. The highest BCUT2D eigenvalue weighted by atomic mass is 16.3. The Hall–Kier alpha value is -1.73. The zero-order valence-electron chi connectivity index (χ0n) is 49.6. The first-order valence-electron chi connectivity index (χ1n) is 33.0. The Morgan fingerprint density at radius 1 is 0.324 bits per heavy atom. The predicted molar refractivity (Wildman–Crippen MR) is 325 cm³/mol. The average Bonchev–Trinajstić information content (AvgIpc) is 3.41. The molecule has 0 aromatic carbocycles. The number of rotatable bonds is 61. The van der Waals surface area contributed by atoms with Crippen molar-refractivity contribution in [1.29, 1.82) is 0 Å². The molecule has 74 heavy (non-hydrogen) atoms. The van der Waals surface area contributed by atoms with Crippen LogP contribution in [0.5, 0.6) is 0 Å². The fourth-order valence-electron chi connectivity index (χ4n) is 10.3. The number of hydrogen-bond acceptors (Lipinski definition) is 5. The molecular weight excluding hydrogens is 911 g/mol. The van der Waals surface area contributed by atoms with E-state index >= 15 is 0 Å². The summed E-state index contributed by atoms with van der Waals surface area (Å²) in [5.74, 6) is -0.595. The van der Waals surface area contributed by atoms with Crippen LogP contribution < -0.4 is 5.32 Å². The van der Waals surface area contributed by atoms with Crippen molar-refractivity contribution in [3.05, 3.63) is 48.6 Å². The number of carbonyl (C=O) groups is 1. The van der Waals surface area contributed by atoms with Crippen molar-refractivity contribution in [3.8, 4) is 0 Å². The number of hydrogen-bond donors (Lipinski definition) is 5. The molecule has 0 aliphatic carbocycles. The van der Waals surface area contributed by atoms with Crippen molar-refractivity contribution in [2.45, 2.75) is 372 Å². The third kappa shape index (κ3) is 55.0. The van der Waals surface area contributed by atoms with E-state index in [1.54, 1.807) is 0 Å². The standard InChI is InChI=1S/C68H129NO5/c1-3-5-7-9-11-13-15-17-19-21-23-25-27-29-30-31-32-33-34-35-36-37-38-40-42-44-46-48-50-52-54-56-58-60-62-66(72)68(74)69-64(63-70)67(73)65(71)61-59-57-55-53-51-49-47-45-43-41-39-28-26-24-22-20-18-16-14-12-10-8-6-4-2/h28,31-32,39,45,47,53,55,64-67,70-73H,3-27,29-30,33-38,40-44,46,48-52,54,56-63H2,1-2H3,(H,69,74)/b32-31-,39-28+,47-45+,55-53+. The smallest absolute Gasteiger partial charge is 0.249 e. The largest absolute Gasteiger partial charge is 0.394 e. The summed E-state index contributed by atoms with van der Waals surface area (Å²) >= 11 is 0. The summed E-state index contributed by atoms with van der Waals surface area (Å²) in [6.07, 6.45) is 80.8. The molecule has 0 radical (unpaired) electrons. The van der Waals surface area contributed by atoms with E-state index in [9.17, 15) is 25.2 Å². The zero-order chi connectivity index (χ0) is 53.7. The second-order valence-electron chi connectivity index (χ2n) is 22.8. The van der Waals surface area contributed by atoms with Crippen molar-refractivity contribution in [2.75, 3.05) is 6.61 Å². The fraction of sp³-hybridized carbons (Fsp3) is 0.868. The van der Waals surface area contributed by atoms with Crippen molar-refractivity contribution < 1.29 is 25.2 Å². The Labute approximate surface area is 461 Å². The SMILES string of the molecule is CCCCCCCCCCCCC/C=C/CC/C=C/CC/C=C/CCCC(O)C(O)C(CO)NC(=O)C(O)CCCCCCCCCCCCCCCCCC/C=C\CCCCCCCCCCCCCCCC. The third-order valence-electron chi connectivity index (χ3n) is 15.5. The van der Waals surface area contributed by atoms with Crippen molar-refractivity contribution in [1.82, 2.24) is 5.32 Å². The first-order valence-corrected chi connectivity index (χ1v) is 33.0. The van der Waals surface area contributed by atoms with Gasteiger partial charge in [-0.3, -0.25) is 4.79 Å². The van der Waals surface area contributed by atoms with Crippen LogP contribution in [0.3, 0.4) is 0 Å². The molecule has 0 fully saturated rings. The van der Waals surface area contributed by atoms with Crippen LogP contribution in [0.1, 0.15) is 348 Å². The number of aliphatic hydroxyl groups excluding tert-OH is 4. The van der Waals surface area contributed by atoms with Crippen LogP contribution in [0.25, 0.3) is 0 Å². The van der Waals surface area contributed by atoms with Gasteiger partial charge in [0.05, 0.1) is 18.8 Å². The number of nitrogens with one attached hydrogen (secondary N) is 1. The lowest BCUT2D eigenvalue weighted by atomic mass is 10.00. The molecule has 0 aromatic rings. The number of amides is 1. The summed E-state index contributed by atoms with van der Waals surface area (Å²) in [6, 6.07) is -1.01. The average molecular weight is 1040 g/mol. The quantitative estimate of drug-likeness (QED) is 0.0308. The second kappa shape index (κ2) is 62.1. The van der Waals surface area contributed by atoms with Gasteiger partial charge in [0.1, 0.15) is 12.2 Å². The van der Waals surface area contributed by atoms with Gasteiger partial charge in [-0.25, -0.2) is 0 Å². The van der Waals surface area contributed by atoms with Gasteiger partial charge in [0.15, 0.2) is 0 Å². The molecule has 6 nitrogen and oxygen atoms in total. The van der Waals surface area contributed by atoms with Crippen LogP contribution in [-0.4, -0.2) is 57.3 Å². The highest BCUT2D eigenvalue weighted by Gasteiger charge is 2.28. The molecule has 436 valence electrons. The van der Waals surface area contributed by atoms with Crippen LogP contribution >= 0.6 is 0 Å². The highest BCUT2D eigenvalue weighted by Crippen LogP contribution is 2.18. The maximum Gasteiger partial charge on any atom is 0.249 e. The molecule has 0 rings (SSSR count). The van der Waals surface area contributed by atoms with Gasteiger partial charge >= 0.3 is 0 Å². The lowest BCUT2D eigenvalue weighted by molar-refractivity contribution is -0.132. The van der Waals surface area contributed by atoms with Gasteiger partial charge in [-0.1, -0.05) is 306 Å². The Balaban J connectivity index is 3.61. The molecule has 6 heteroatoms. The molecule has 0 saturated carbocycles. The lowest BCUT2D eigenvalue weighted by Crippen LogP contribution is -2.53. The molecule has 4 atom stereocenters. The molecule has 0 heterocycles. The van der Waals surface area contributed by atoms with E-state index in [2.05, 4.69) is 67.8 Å². The fourth-order valence-corrected chi connectivity index (χ4v) is 10.3. The Morgan fingerprint density at radius 3 is 0.851 bits per heavy atom. The van der Waals surface area contributed by atoms with Crippen molar-refractivity contribution >= 4 is 5.91 Å². The Morgan fingerprint density at radius 2 is 0.568 bits per heavy atom. The second-order valence-corrected chi connectivity index (χ2v) is 22.8. The third-order valence-corrected chi connectivity index (χ3v) is 15.5. The minimum absolute atomic E-state index is 0.360. The normalized spacial score (nSPS) is 13.9. The number of aliphatic hydroxyl groups is 4. The van der Waals surface area contributed by atoms with Gasteiger partial charge in [0.25, 0.3) is 0 Å². The molecule has 0 spiro atoms. The summed E-state index contributed by atoms with van der Waals surface area (Å²) in [6.45, 7) is 4.08. The molecule has 0 aliphatic rings. The van der Waals surface area contributed by atoms with E-state index < -0.39 is 36.9 Å². The van der Waals surface area contributed by atoms with Gasteiger partial charge in [-0.15, -0.1) is 0 Å². The summed E-state index contributed by atoms with van der Waals surface area (Å²) in [4.78, 5) is 12.6. The Kier molecular flexibility index (Phi) is 60.7. The van der Waals surface area contributed by atoms with E-state index in [0.717, 1.165) is 51.4 Å². The topological polar surface area (TPSA) is 110 Å². The van der Waals surface area contributed by atoms with Gasteiger partial charge in [-0.05, 0) is 89.9 Å². The van der Waals surface area contributed by atoms with Crippen LogP contribution in [-0.2, 0) is 4.79 Å². The minimum Gasteiger partial charge on any atom is -0.394 e. The first kappa shape index (κ1) is 72.3. The zero-order valence-corrected chi connectivity index (χ0v) is 49.6. The van der Waals surface area contributed by atoms with Crippen LogP contribution in [0.4, 0.5) is 0 Å². The molecule has 5 N–H and O–H groups in total. The van der Waals surface area contributed by atoms with E-state index in [-0.39, 0.29) is 0 Å². The van der Waals surface area contributed by atoms with Gasteiger partial charge < -0.3 is 25.7 Å². The van der Waals surface area contributed by atoms with Crippen LogP contribution in [0.15, 0.2) is 48.6 Å². The molecule has 1 amide bonds. The van der Waals surface area contributed by atoms with Gasteiger partial charge in [-0.2, -0.15) is 0 Å². The Bertz CT molecular complexity index is 1210. The number of allylic oxidation sites excluding steroid dienone is 8. The first-order chi connectivity index (χ1) is 36.5.